The molecule has 1 aromatic heterocycles. The van der Waals surface area contributed by atoms with Crippen LogP contribution in [-0.2, 0) is 0 Å². The van der Waals surface area contributed by atoms with E-state index in [-0.39, 0.29) is 5.38 Å². The van der Waals surface area contributed by atoms with Crippen molar-refractivity contribution < 1.29 is 0 Å². The Morgan fingerprint density at radius 1 is 1.16 bits per heavy atom. The van der Waals surface area contributed by atoms with Crippen molar-refractivity contribution in [1.29, 1.82) is 0 Å². The summed E-state index contributed by atoms with van der Waals surface area (Å²) >= 11 is 18.4. The van der Waals surface area contributed by atoms with Gasteiger partial charge in [-0.25, -0.2) is 0 Å². The lowest BCUT2D eigenvalue weighted by Gasteiger charge is -2.58. The molecule has 1 heterocycles. The molecule has 0 nitrogen and oxygen atoms in total. The minimum atomic E-state index is 0.162. The van der Waals surface area contributed by atoms with E-state index in [1.54, 1.807) is 11.3 Å². The van der Waals surface area contributed by atoms with Gasteiger partial charge >= 0.3 is 0 Å². The first-order chi connectivity index (χ1) is 9.06. The Morgan fingerprint density at radius 2 is 1.68 bits per heavy atom. The van der Waals surface area contributed by atoms with Gasteiger partial charge in [0.05, 0.1) is 14.2 Å². The van der Waals surface area contributed by atoms with Crippen LogP contribution in [0, 0.1) is 23.2 Å². The molecule has 0 aliphatic heterocycles. The first-order valence-electron chi connectivity index (χ1n) is 7.14. The zero-order valence-corrected chi connectivity index (χ0v) is 14.6. The van der Waals surface area contributed by atoms with Crippen LogP contribution in [0.1, 0.15) is 48.8 Å². The second-order valence-corrected chi connectivity index (χ2v) is 10.2. The number of hydrogen-bond donors (Lipinski definition) is 0. The predicted molar refractivity (Wildman–Crippen MR) is 86.2 cm³/mol. The third-order valence-electron chi connectivity index (χ3n) is 5.54. The Labute approximate surface area is 137 Å². The highest BCUT2D eigenvalue weighted by atomic mass is 79.9. The van der Waals surface area contributed by atoms with E-state index >= 15 is 0 Å². The Kier molecular flexibility index (Phi) is 3.27. The summed E-state index contributed by atoms with van der Waals surface area (Å²) in [5.74, 6) is 2.85. The normalized spacial score (nSPS) is 41.7. The Balaban J connectivity index is 1.67. The number of alkyl halides is 1. The molecule has 0 aromatic carbocycles. The largest absolute Gasteiger partial charge is 0.130 e. The number of halogens is 3. The topological polar surface area (TPSA) is 0 Å². The molecule has 4 bridgehead atoms. The summed E-state index contributed by atoms with van der Waals surface area (Å²) in [5.41, 5.74) is 0.365. The maximum atomic E-state index is 6.94. The standard InChI is InChI=1S/C15H17BrCl2S/c16-14-11(17)4-12(19-14)13(18)15-5-8-1-9(6-15)3-10(2-8)7-15/h4,8-10,13H,1-3,5-7H2. The van der Waals surface area contributed by atoms with Crippen LogP contribution in [-0.4, -0.2) is 0 Å². The van der Waals surface area contributed by atoms with Crippen LogP contribution in [0.4, 0.5) is 0 Å². The molecule has 4 aliphatic carbocycles. The third kappa shape index (κ3) is 2.13. The van der Waals surface area contributed by atoms with Crippen LogP contribution in [0.15, 0.2) is 9.85 Å². The molecule has 0 saturated heterocycles. The van der Waals surface area contributed by atoms with Gasteiger partial charge in [-0.1, -0.05) is 11.6 Å². The first-order valence-corrected chi connectivity index (χ1v) is 9.57. The van der Waals surface area contributed by atoms with Crippen LogP contribution in [0.25, 0.3) is 0 Å². The monoisotopic (exact) mass is 378 g/mol. The van der Waals surface area contributed by atoms with E-state index in [1.165, 1.54) is 43.4 Å². The molecule has 1 atom stereocenters. The molecule has 5 rings (SSSR count). The van der Waals surface area contributed by atoms with Gasteiger partial charge in [0.15, 0.2) is 0 Å². The lowest BCUT2D eigenvalue weighted by atomic mass is 9.48. The van der Waals surface area contributed by atoms with Gasteiger partial charge in [-0.05, 0) is 83.7 Å². The molecule has 0 spiro atoms. The lowest BCUT2D eigenvalue weighted by Crippen LogP contribution is -2.47. The van der Waals surface area contributed by atoms with Crippen LogP contribution < -0.4 is 0 Å². The highest BCUT2D eigenvalue weighted by molar-refractivity contribution is 9.11. The van der Waals surface area contributed by atoms with E-state index in [1.807, 2.05) is 0 Å². The fourth-order valence-electron chi connectivity index (χ4n) is 5.28. The van der Waals surface area contributed by atoms with Crippen molar-refractivity contribution in [2.75, 3.05) is 0 Å². The van der Waals surface area contributed by atoms with Gasteiger partial charge < -0.3 is 0 Å². The molecule has 19 heavy (non-hydrogen) atoms. The molecule has 0 N–H and O–H groups in total. The second kappa shape index (κ2) is 4.63. The van der Waals surface area contributed by atoms with E-state index < -0.39 is 0 Å². The molecule has 1 unspecified atom stereocenters. The quantitative estimate of drug-likeness (QED) is 0.504. The van der Waals surface area contributed by atoms with Crippen molar-refractivity contribution >= 4 is 50.5 Å². The molecule has 4 heteroatoms. The van der Waals surface area contributed by atoms with Gasteiger partial charge in [-0.15, -0.1) is 22.9 Å². The number of rotatable bonds is 2. The Hall–Kier alpha value is 0.760. The maximum absolute atomic E-state index is 6.94. The summed E-state index contributed by atoms with van der Waals surface area (Å²) < 4.78 is 1.03. The summed E-state index contributed by atoms with van der Waals surface area (Å²) in [4.78, 5) is 1.26. The summed E-state index contributed by atoms with van der Waals surface area (Å²) in [7, 11) is 0. The van der Waals surface area contributed by atoms with Crippen LogP contribution in [0.2, 0.25) is 5.02 Å². The highest BCUT2D eigenvalue weighted by Gasteiger charge is 2.54. The molecule has 104 valence electrons. The molecule has 4 aliphatic rings. The predicted octanol–water partition coefficient (Wildman–Crippen LogP) is 6.66. The average Bonchev–Trinajstić information content (AvgIpc) is 2.67. The van der Waals surface area contributed by atoms with Crippen molar-refractivity contribution in [3.05, 3.63) is 19.8 Å². The zero-order valence-electron chi connectivity index (χ0n) is 10.7. The van der Waals surface area contributed by atoms with Crippen molar-refractivity contribution in [1.82, 2.24) is 0 Å². The van der Waals surface area contributed by atoms with Crippen LogP contribution in [0.5, 0.6) is 0 Å². The maximum Gasteiger partial charge on any atom is 0.0887 e. The first kappa shape index (κ1) is 13.4. The number of thiophene rings is 1. The van der Waals surface area contributed by atoms with Gasteiger partial charge in [0.25, 0.3) is 0 Å². The van der Waals surface area contributed by atoms with Crippen LogP contribution in [0.3, 0.4) is 0 Å². The summed E-state index contributed by atoms with van der Waals surface area (Å²) in [5, 5.41) is 0.977. The van der Waals surface area contributed by atoms with Gasteiger partial charge in [-0.2, -0.15) is 0 Å². The zero-order chi connectivity index (χ0) is 13.2. The minimum absolute atomic E-state index is 0.162. The van der Waals surface area contributed by atoms with Gasteiger partial charge in [0.1, 0.15) is 0 Å². The fraction of sp³-hybridized carbons (Fsp3) is 0.733. The second-order valence-electron chi connectivity index (χ2n) is 6.91. The van der Waals surface area contributed by atoms with Crippen molar-refractivity contribution in [2.45, 2.75) is 43.9 Å². The SMILES string of the molecule is Clc1cc(C(Cl)C23CC4CC(CC(C4)C2)C3)sc1Br. The molecule has 0 radical (unpaired) electrons. The molecule has 4 saturated carbocycles. The fourth-order valence-corrected chi connectivity index (χ4v) is 7.61. The Bertz CT molecular complexity index is 455. The molecule has 1 aromatic rings. The third-order valence-corrected chi connectivity index (χ3v) is 8.90. The lowest BCUT2D eigenvalue weighted by molar-refractivity contribution is -0.0547. The van der Waals surface area contributed by atoms with E-state index in [9.17, 15) is 0 Å². The minimum Gasteiger partial charge on any atom is -0.130 e. The van der Waals surface area contributed by atoms with Gasteiger partial charge in [0.2, 0.25) is 0 Å². The summed E-state index contributed by atoms with van der Waals surface area (Å²) in [6.07, 6.45) is 8.45. The van der Waals surface area contributed by atoms with Crippen LogP contribution >= 0.6 is 50.5 Å². The van der Waals surface area contributed by atoms with Gasteiger partial charge in [-0.3, -0.25) is 0 Å². The molecular weight excluding hydrogens is 363 g/mol. The van der Waals surface area contributed by atoms with E-state index in [2.05, 4.69) is 22.0 Å². The molecule has 4 fully saturated rings. The smallest absolute Gasteiger partial charge is 0.0887 e. The van der Waals surface area contributed by atoms with Gasteiger partial charge in [0, 0.05) is 4.88 Å². The average molecular weight is 380 g/mol. The van der Waals surface area contributed by atoms with Crippen molar-refractivity contribution in [2.24, 2.45) is 23.2 Å². The van der Waals surface area contributed by atoms with E-state index in [0.717, 1.165) is 26.6 Å². The van der Waals surface area contributed by atoms with E-state index in [4.69, 9.17) is 23.2 Å². The van der Waals surface area contributed by atoms with Crippen molar-refractivity contribution in [3.8, 4) is 0 Å². The van der Waals surface area contributed by atoms with E-state index in [0.29, 0.717) is 5.41 Å². The number of hydrogen-bond acceptors (Lipinski definition) is 1. The molecule has 0 amide bonds. The summed E-state index contributed by atoms with van der Waals surface area (Å²) in [6, 6.07) is 2.08. The highest BCUT2D eigenvalue weighted by Crippen LogP contribution is 2.66. The molecular formula is C15H17BrCl2S. The summed E-state index contributed by atoms with van der Waals surface area (Å²) in [6.45, 7) is 0. The van der Waals surface area contributed by atoms with Crippen molar-refractivity contribution in [3.63, 3.8) is 0 Å². The Morgan fingerprint density at radius 3 is 2.11 bits per heavy atom.